The number of benzene rings is 3. The van der Waals surface area contributed by atoms with Gasteiger partial charge in [-0.15, -0.1) is 0 Å². The Hall–Kier alpha value is -3.00. The molecule has 0 atom stereocenters. The van der Waals surface area contributed by atoms with Crippen molar-refractivity contribution >= 4 is 11.6 Å². The van der Waals surface area contributed by atoms with Gasteiger partial charge in [0.2, 0.25) is 0 Å². The maximum absolute atomic E-state index is 13.0. The highest BCUT2D eigenvalue weighted by Gasteiger charge is 2.19. The second-order valence-corrected chi connectivity index (χ2v) is 6.37. The van der Waals surface area contributed by atoms with Crippen molar-refractivity contribution in [3.63, 3.8) is 0 Å². The number of carbonyl (C=O) groups excluding carboxylic acids is 2. The number of carbonyl (C=O) groups is 2. The maximum Gasteiger partial charge on any atom is 0.193 e. The van der Waals surface area contributed by atoms with Gasteiger partial charge in [-0.3, -0.25) is 9.59 Å². The van der Waals surface area contributed by atoms with E-state index in [0.717, 1.165) is 19.3 Å². The van der Waals surface area contributed by atoms with Crippen LogP contribution in [0.25, 0.3) is 0 Å². The molecule has 3 rings (SSSR count). The van der Waals surface area contributed by atoms with Crippen LogP contribution in [0.1, 0.15) is 57.2 Å². The van der Waals surface area contributed by atoms with Crippen molar-refractivity contribution in [1.29, 1.82) is 0 Å². The molecule has 0 unspecified atom stereocenters. The third-order valence-electron chi connectivity index (χ3n) is 4.49. The van der Waals surface area contributed by atoms with Crippen LogP contribution in [0.15, 0.2) is 78.9 Å². The van der Waals surface area contributed by atoms with Gasteiger partial charge in [-0.2, -0.15) is 0 Å². The molecule has 0 aliphatic rings. The van der Waals surface area contributed by atoms with Crippen LogP contribution in [-0.4, -0.2) is 11.6 Å². The Bertz CT molecular complexity index is 893. The van der Waals surface area contributed by atoms with E-state index >= 15 is 0 Å². The maximum atomic E-state index is 13.0. The average molecular weight is 342 g/mol. The molecule has 0 aliphatic heterocycles. The molecule has 3 aromatic carbocycles. The Labute approximate surface area is 154 Å². The SMILES string of the molecule is CCCCc1ccc(C(=O)c2ccccc2C(=O)c2ccccc2)cc1. The molecule has 2 heteroatoms. The minimum Gasteiger partial charge on any atom is -0.289 e. The number of hydrogen-bond donors (Lipinski definition) is 0. The zero-order valence-corrected chi connectivity index (χ0v) is 14.9. The molecule has 0 bridgehead atoms. The van der Waals surface area contributed by atoms with Gasteiger partial charge in [0.15, 0.2) is 11.6 Å². The molecule has 2 nitrogen and oxygen atoms in total. The summed E-state index contributed by atoms with van der Waals surface area (Å²) in [5, 5.41) is 0. The van der Waals surface area contributed by atoms with Gasteiger partial charge in [0.25, 0.3) is 0 Å². The largest absolute Gasteiger partial charge is 0.289 e. The first-order valence-electron chi connectivity index (χ1n) is 9.03. The Morgan fingerprint density at radius 1 is 0.654 bits per heavy atom. The number of hydrogen-bond acceptors (Lipinski definition) is 2. The first-order valence-corrected chi connectivity index (χ1v) is 9.03. The fraction of sp³-hybridized carbons (Fsp3) is 0.167. The summed E-state index contributed by atoms with van der Waals surface area (Å²) in [6.45, 7) is 2.17. The fourth-order valence-corrected chi connectivity index (χ4v) is 2.98. The van der Waals surface area contributed by atoms with Gasteiger partial charge in [0.05, 0.1) is 0 Å². The highest BCUT2D eigenvalue weighted by molar-refractivity contribution is 6.19. The van der Waals surface area contributed by atoms with Crippen molar-refractivity contribution < 1.29 is 9.59 Å². The van der Waals surface area contributed by atoms with E-state index in [1.165, 1.54) is 5.56 Å². The van der Waals surface area contributed by atoms with E-state index in [0.29, 0.717) is 22.3 Å². The van der Waals surface area contributed by atoms with Gasteiger partial charge in [0.1, 0.15) is 0 Å². The predicted octanol–water partition coefficient (Wildman–Crippen LogP) is 5.49. The first kappa shape index (κ1) is 17.8. The van der Waals surface area contributed by atoms with Crippen LogP contribution in [0.4, 0.5) is 0 Å². The smallest absolute Gasteiger partial charge is 0.193 e. The molecule has 0 saturated carbocycles. The summed E-state index contributed by atoms with van der Waals surface area (Å²) in [6, 6.07) is 23.8. The van der Waals surface area contributed by atoms with E-state index in [2.05, 4.69) is 6.92 Å². The topological polar surface area (TPSA) is 34.1 Å². The van der Waals surface area contributed by atoms with Crippen molar-refractivity contribution in [3.05, 3.63) is 107 Å². The summed E-state index contributed by atoms with van der Waals surface area (Å²) < 4.78 is 0. The standard InChI is InChI=1S/C24H22O2/c1-2-3-9-18-14-16-20(17-15-18)24(26)22-13-8-7-12-21(22)23(25)19-10-5-4-6-11-19/h4-8,10-17H,2-3,9H2,1H3. The summed E-state index contributed by atoms with van der Waals surface area (Å²) in [5.41, 5.74) is 3.32. The van der Waals surface area contributed by atoms with Gasteiger partial charge in [-0.25, -0.2) is 0 Å². The molecule has 26 heavy (non-hydrogen) atoms. The highest BCUT2D eigenvalue weighted by Crippen LogP contribution is 2.19. The number of ketones is 2. The molecule has 0 fully saturated rings. The van der Waals surface area contributed by atoms with Crippen molar-refractivity contribution in [2.24, 2.45) is 0 Å². The van der Waals surface area contributed by atoms with Gasteiger partial charge < -0.3 is 0 Å². The molecule has 0 saturated heterocycles. The summed E-state index contributed by atoms with van der Waals surface area (Å²) in [7, 11) is 0. The lowest BCUT2D eigenvalue weighted by molar-refractivity contribution is 0.100. The third kappa shape index (κ3) is 3.97. The van der Waals surface area contributed by atoms with Crippen LogP contribution in [0.5, 0.6) is 0 Å². The van der Waals surface area contributed by atoms with E-state index in [1.807, 2.05) is 42.5 Å². The number of unbranched alkanes of at least 4 members (excludes halogenated alkanes) is 1. The van der Waals surface area contributed by atoms with Crippen LogP contribution in [0.3, 0.4) is 0 Å². The zero-order valence-electron chi connectivity index (χ0n) is 14.9. The molecule has 0 radical (unpaired) electrons. The van der Waals surface area contributed by atoms with Crippen molar-refractivity contribution in [2.45, 2.75) is 26.2 Å². The summed E-state index contributed by atoms with van der Waals surface area (Å²) >= 11 is 0. The number of aryl methyl sites for hydroxylation is 1. The molecule has 0 N–H and O–H groups in total. The van der Waals surface area contributed by atoms with Crippen LogP contribution >= 0.6 is 0 Å². The lowest BCUT2D eigenvalue weighted by atomic mass is 9.93. The first-order chi connectivity index (χ1) is 12.7. The van der Waals surface area contributed by atoms with Crippen molar-refractivity contribution in [1.82, 2.24) is 0 Å². The normalized spacial score (nSPS) is 10.5. The summed E-state index contributed by atoms with van der Waals surface area (Å²) in [5.74, 6) is -0.249. The van der Waals surface area contributed by atoms with Gasteiger partial charge in [-0.1, -0.05) is 92.2 Å². The summed E-state index contributed by atoms with van der Waals surface area (Å²) in [4.78, 5) is 25.8. The fourth-order valence-electron chi connectivity index (χ4n) is 2.98. The van der Waals surface area contributed by atoms with Gasteiger partial charge in [0, 0.05) is 22.3 Å². The minimum atomic E-state index is -0.130. The lowest BCUT2D eigenvalue weighted by Gasteiger charge is -2.09. The monoisotopic (exact) mass is 342 g/mol. The highest BCUT2D eigenvalue weighted by atomic mass is 16.1. The minimum absolute atomic E-state index is 0.119. The molecule has 0 aliphatic carbocycles. The predicted molar refractivity (Wildman–Crippen MR) is 105 cm³/mol. The van der Waals surface area contributed by atoms with Crippen molar-refractivity contribution in [2.75, 3.05) is 0 Å². The molecule has 0 heterocycles. The second-order valence-electron chi connectivity index (χ2n) is 6.37. The molecular formula is C24H22O2. The van der Waals surface area contributed by atoms with E-state index in [4.69, 9.17) is 0 Å². The van der Waals surface area contributed by atoms with Crippen LogP contribution in [-0.2, 0) is 6.42 Å². The molecule has 0 aromatic heterocycles. The zero-order chi connectivity index (χ0) is 18.4. The Kier molecular flexibility index (Phi) is 5.75. The van der Waals surface area contributed by atoms with Crippen molar-refractivity contribution in [3.8, 4) is 0 Å². The average Bonchev–Trinajstić information content (AvgIpc) is 2.72. The molecule has 0 spiro atoms. The third-order valence-corrected chi connectivity index (χ3v) is 4.49. The van der Waals surface area contributed by atoms with Gasteiger partial charge in [-0.05, 0) is 18.4 Å². The van der Waals surface area contributed by atoms with Crippen LogP contribution in [0.2, 0.25) is 0 Å². The van der Waals surface area contributed by atoms with Crippen LogP contribution < -0.4 is 0 Å². The van der Waals surface area contributed by atoms with E-state index in [1.54, 1.807) is 36.4 Å². The van der Waals surface area contributed by atoms with Crippen LogP contribution in [0, 0.1) is 0 Å². The van der Waals surface area contributed by atoms with Gasteiger partial charge >= 0.3 is 0 Å². The molecule has 0 amide bonds. The Morgan fingerprint density at radius 3 is 1.69 bits per heavy atom. The Morgan fingerprint density at radius 2 is 1.15 bits per heavy atom. The second kappa shape index (κ2) is 8.39. The molecular weight excluding hydrogens is 320 g/mol. The molecule has 3 aromatic rings. The van der Waals surface area contributed by atoms with E-state index in [-0.39, 0.29) is 11.6 Å². The summed E-state index contributed by atoms with van der Waals surface area (Å²) in [6.07, 6.45) is 3.31. The molecule has 130 valence electrons. The van der Waals surface area contributed by atoms with E-state index < -0.39 is 0 Å². The quantitative estimate of drug-likeness (QED) is 0.532. The Balaban J connectivity index is 1.90. The number of rotatable bonds is 7. The lowest BCUT2D eigenvalue weighted by Crippen LogP contribution is -2.11. The van der Waals surface area contributed by atoms with E-state index in [9.17, 15) is 9.59 Å².